The van der Waals surface area contributed by atoms with Crippen LogP contribution in [0.1, 0.15) is 73.1 Å². The van der Waals surface area contributed by atoms with Crippen molar-refractivity contribution in [1.82, 2.24) is 29.8 Å². The van der Waals surface area contributed by atoms with Gasteiger partial charge in [0.25, 0.3) is 5.91 Å². The molecule has 9 nitrogen and oxygen atoms in total. The molecule has 0 aliphatic carbocycles. The highest BCUT2D eigenvalue weighted by Crippen LogP contribution is 2.25. The number of aromatic nitrogens is 2. The van der Waals surface area contributed by atoms with E-state index in [-0.39, 0.29) is 30.6 Å². The quantitative estimate of drug-likeness (QED) is 0.594. The number of amides is 3. The zero-order valence-electron chi connectivity index (χ0n) is 20.0. The molecule has 9 heteroatoms. The van der Waals surface area contributed by atoms with Crippen LogP contribution >= 0.6 is 0 Å². The Morgan fingerprint density at radius 1 is 0.909 bits per heavy atom. The largest absolute Gasteiger partial charge is 0.356 e. The van der Waals surface area contributed by atoms with Crippen molar-refractivity contribution in [3.05, 3.63) is 17.0 Å². The summed E-state index contributed by atoms with van der Waals surface area (Å²) in [6, 6.07) is 0. The second-order valence-electron chi connectivity index (χ2n) is 9.57. The van der Waals surface area contributed by atoms with Gasteiger partial charge in [-0.25, -0.2) is 0 Å². The summed E-state index contributed by atoms with van der Waals surface area (Å²) in [5, 5.41) is 7.47. The van der Waals surface area contributed by atoms with Crippen LogP contribution in [0.2, 0.25) is 0 Å². The van der Waals surface area contributed by atoms with Gasteiger partial charge in [0.05, 0.1) is 0 Å². The first-order chi connectivity index (χ1) is 16.0. The lowest BCUT2D eigenvalue weighted by Crippen LogP contribution is -2.39. The Morgan fingerprint density at radius 2 is 1.64 bits per heavy atom. The Kier molecular flexibility index (Phi) is 8.01. The number of nitrogens with zero attached hydrogens (tertiary/aromatic N) is 5. The van der Waals surface area contributed by atoms with E-state index in [1.807, 2.05) is 11.9 Å². The van der Waals surface area contributed by atoms with Crippen LogP contribution in [0.5, 0.6) is 0 Å². The third kappa shape index (κ3) is 5.93. The number of carbonyl (C=O) groups is 3. The van der Waals surface area contributed by atoms with Gasteiger partial charge in [-0.1, -0.05) is 0 Å². The number of rotatable bonds is 8. The van der Waals surface area contributed by atoms with Gasteiger partial charge in [-0.05, 0) is 58.2 Å². The maximum Gasteiger partial charge on any atom is 0.274 e. The van der Waals surface area contributed by atoms with E-state index in [2.05, 4.69) is 15.3 Å². The summed E-state index contributed by atoms with van der Waals surface area (Å²) in [5.74, 6) is -0.118. The fraction of sp³-hybridized carbons (Fsp3) is 0.750. The van der Waals surface area contributed by atoms with Crippen molar-refractivity contribution in [2.75, 3.05) is 45.8 Å². The maximum absolute atomic E-state index is 13.1. The summed E-state index contributed by atoms with van der Waals surface area (Å²) in [4.78, 5) is 44.2. The van der Waals surface area contributed by atoms with E-state index >= 15 is 0 Å². The Hall–Kier alpha value is -2.42. The molecule has 3 amide bonds. The van der Waals surface area contributed by atoms with E-state index in [0.717, 1.165) is 50.2 Å². The highest BCUT2D eigenvalue weighted by atomic mass is 16.2. The van der Waals surface area contributed by atoms with Crippen molar-refractivity contribution in [3.63, 3.8) is 0 Å². The third-order valence-corrected chi connectivity index (χ3v) is 7.18. The van der Waals surface area contributed by atoms with Crippen molar-refractivity contribution in [3.8, 4) is 0 Å². The summed E-state index contributed by atoms with van der Waals surface area (Å²) < 4.78 is 1.80. The van der Waals surface area contributed by atoms with Crippen LogP contribution < -0.4 is 5.32 Å². The molecule has 33 heavy (non-hydrogen) atoms. The molecule has 3 aliphatic heterocycles. The van der Waals surface area contributed by atoms with Crippen LogP contribution in [-0.4, -0.2) is 88.0 Å². The average molecular weight is 459 g/mol. The van der Waals surface area contributed by atoms with Gasteiger partial charge in [-0.15, -0.1) is 0 Å². The fourth-order valence-electron chi connectivity index (χ4n) is 5.23. The Bertz CT molecular complexity index is 855. The predicted octanol–water partition coefficient (Wildman–Crippen LogP) is 1.31. The van der Waals surface area contributed by atoms with E-state index < -0.39 is 0 Å². The Balaban J connectivity index is 1.25. The lowest BCUT2D eigenvalue weighted by Gasteiger charge is -2.29. The van der Waals surface area contributed by atoms with Gasteiger partial charge in [0.15, 0.2) is 5.69 Å². The standard InChI is InChI=1S/C24H38N6O3/c1-27-20-10-17-30(18-19(20)23(26-27)24(33)29-15-3-2-4-16-29)22(32)9-8-21(31)25-11-7-14-28-12-5-6-13-28/h2-18H2,1H3,(H,25,31). The number of hydrogen-bond acceptors (Lipinski definition) is 5. The predicted molar refractivity (Wildman–Crippen MR) is 125 cm³/mol. The molecule has 1 aromatic heterocycles. The molecule has 0 atom stereocenters. The SMILES string of the molecule is Cn1nc(C(=O)N2CCCCC2)c2c1CCN(C(=O)CCC(=O)NCCCN1CCCC1)C2. The molecular weight excluding hydrogens is 420 g/mol. The first-order valence-corrected chi connectivity index (χ1v) is 12.6. The number of aryl methyl sites for hydroxylation is 1. The lowest BCUT2D eigenvalue weighted by molar-refractivity contribution is -0.134. The summed E-state index contributed by atoms with van der Waals surface area (Å²) in [6.07, 6.45) is 7.82. The molecule has 3 aliphatic rings. The highest BCUT2D eigenvalue weighted by Gasteiger charge is 2.31. The average Bonchev–Trinajstić information content (AvgIpc) is 3.48. The van der Waals surface area contributed by atoms with Crippen LogP contribution in [0.15, 0.2) is 0 Å². The molecule has 0 unspecified atom stereocenters. The zero-order valence-corrected chi connectivity index (χ0v) is 20.0. The third-order valence-electron chi connectivity index (χ3n) is 7.18. The van der Waals surface area contributed by atoms with Gasteiger partial charge in [0, 0.05) is 70.3 Å². The van der Waals surface area contributed by atoms with E-state index in [0.29, 0.717) is 31.7 Å². The highest BCUT2D eigenvalue weighted by molar-refractivity contribution is 5.94. The molecule has 4 rings (SSSR count). The van der Waals surface area contributed by atoms with Crippen molar-refractivity contribution in [2.45, 2.75) is 64.3 Å². The number of carbonyl (C=O) groups excluding carboxylic acids is 3. The number of hydrogen-bond donors (Lipinski definition) is 1. The van der Waals surface area contributed by atoms with Crippen LogP contribution in [-0.2, 0) is 29.6 Å². The van der Waals surface area contributed by atoms with Gasteiger partial charge in [-0.2, -0.15) is 5.10 Å². The normalized spacial score (nSPS) is 18.9. The first-order valence-electron chi connectivity index (χ1n) is 12.6. The minimum absolute atomic E-state index is 0.0193. The minimum atomic E-state index is -0.0650. The lowest BCUT2D eigenvalue weighted by atomic mass is 10.0. The molecule has 2 saturated heterocycles. The fourth-order valence-corrected chi connectivity index (χ4v) is 5.23. The molecular formula is C24H38N6O3. The van der Waals surface area contributed by atoms with Crippen LogP contribution in [0.3, 0.4) is 0 Å². The summed E-state index contributed by atoms with van der Waals surface area (Å²) in [6.45, 7) is 6.58. The summed E-state index contributed by atoms with van der Waals surface area (Å²) >= 11 is 0. The first kappa shape index (κ1) is 23.7. The van der Waals surface area contributed by atoms with Gasteiger partial charge in [-0.3, -0.25) is 19.1 Å². The molecule has 4 heterocycles. The van der Waals surface area contributed by atoms with Crippen molar-refractivity contribution < 1.29 is 14.4 Å². The molecule has 0 radical (unpaired) electrons. The van der Waals surface area contributed by atoms with E-state index in [4.69, 9.17) is 0 Å². The molecule has 0 bridgehead atoms. The molecule has 0 saturated carbocycles. The number of likely N-dealkylation sites (tertiary alicyclic amines) is 2. The molecule has 0 aromatic carbocycles. The molecule has 1 N–H and O–H groups in total. The second-order valence-corrected chi connectivity index (χ2v) is 9.57. The minimum Gasteiger partial charge on any atom is -0.356 e. The van der Waals surface area contributed by atoms with Crippen LogP contribution in [0.4, 0.5) is 0 Å². The van der Waals surface area contributed by atoms with E-state index in [1.54, 1.807) is 9.58 Å². The molecule has 1 aromatic rings. The molecule has 2 fully saturated rings. The van der Waals surface area contributed by atoms with Gasteiger partial charge >= 0.3 is 0 Å². The smallest absolute Gasteiger partial charge is 0.274 e. The number of nitrogens with one attached hydrogen (secondary N) is 1. The molecule has 182 valence electrons. The number of fused-ring (bicyclic) bond motifs is 1. The van der Waals surface area contributed by atoms with Crippen LogP contribution in [0.25, 0.3) is 0 Å². The Morgan fingerprint density at radius 3 is 2.39 bits per heavy atom. The maximum atomic E-state index is 13.1. The van der Waals surface area contributed by atoms with Crippen molar-refractivity contribution >= 4 is 17.7 Å². The summed E-state index contributed by atoms with van der Waals surface area (Å²) in [7, 11) is 1.87. The van der Waals surface area contributed by atoms with E-state index in [9.17, 15) is 14.4 Å². The van der Waals surface area contributed by atoms with Crippen LogP contribution in [0, 0.1) is 0 Å². The zero-order chi connectivity index (χ0) is 23.2. The topological polar surface area (TPSA) is 90.8 Å². The van der Waals surface area contributed by atoms with E-state index in [1.165, 1.54) is 32.4 Å². The number of piperidine rings is 1. The molecule has 0 spiro atoms. The van der Waals surface area contributed by atoms with Crippen molar-refractivity contribution in [1.29, 1.82) is 0 Å². The van der Waals surface area contributed by atoms with Crippen molar-refractivity contribution in [2.24, 2.45) is 7.05 Å². The van der Waals surface area contributed by atoms with Gasteiger partial charge in [0.2, 0.25) is 11.8 Å². The monoisotopic (exact) mass is 458 g/mol. The second kappa shape index (κ2) is 11.1. The van der Waals surface area contributed by atoms with Gasteiger partial charge < -0.3 is 20.0 Å². The summed E-state index contributed by atoms with van der Waals surface area (Å²) in [5.41, 5.74) is 2.40. The van der Waals surface area contributed by atoms with Gasteiger partial charge in [0.1, 0.15) is 0 Å². The Labute approximate surface area is 196 Å².